The zero-order valence-corrected chi connectivity index (χ0v) is 12.1. The number of carbonyl (C=O) groups excluding carboxylic acids is 2. The number of aromatic nitrogens is 1. The zero-order chi connectivity index (χ0) is 15.4. The standard InChI is InChI=1S/C17H16N2O3/c20-16-9-5-11-19(16)15-8-2-1-7-14(15)17(21)22-12-13-6-3-4-10-18-13/h1-4,6-8,10H,5,9,11-12H2. The molecule has 1 aliphatic rings. The number of esters is 1. The van der Waals surface area contributed by atoms with Crippen molar-refractivity contribution in [3.05, 3.63) is 59.9 Å². The van der Waals surface area contributed by atoms with E-state index in [0.717, 1.165) is 6.42 Å². The van der Waals surface area contributed by atoms with Gasteiger partial charge in [0.05, 0.1) is 16.9 Å². The topological polar surface area (TPSA) is 59.5 Å². The van der Waals surface area contributed by atoms with E-state index in [4.69, 9.17) is 4.74 Å². The number of carbonyl (C=O) groups is 2. The molecular weight excluding hydrogens is 280 g/mol. The van der Waals surface area contributed by atoms with E-state index in [2.05, 4.69) is 4.98 Å². The molecule has 2 heterocycles. The Labute approximate surface area is 128 Å². The summed E-state index contributed by atoms with van der Waals surface area (Å²) < 4.78 is 5.31. The van der Waals surface area contributed by atoms with E-state index in [0.29, 0.717) is 29.9 Å². The van der Waals surface area contributed by atoms with E-state index in [1.807, 2.05) is 12.1 Å². The first-order valence-electron chi connectivity index (χ1n) is 7.22. The average molecular weight is 296 g/mol. The molecule has 22 heavy (non-hydrogen) atoms. The fourth-order valence-electron chi connectivity index (χ4n) is 2.49. The molecule has 1 aliphatic heterocycles. The number of rotatable bonds is 4. The monoisotopic (exact) mass is 296 g/mol. The average Bonchev–Trinajstić information content (AvgIpc) is 2.99. The van der Waals surface area contributed by atoms with Gasteiger partial charge < -0.3 is 9.64 Å². The highest BCUT2D eigenvalue weighted by Gasteiger charge is 2.26. The second kappa shape index (κ2) is 6.39. The summed E-state index contributed by atoms with van der Waals surface area (Å²) in [7, 11) is 0. The lowest BCUT2D eigenvalue weighted by molar-refractivity contribution is -0.117. The van der Waals surface area contributed by atoms with Crippen molar-refractivity contribution in [2.24, 2.45) is 0 Å². The molecule has 2 aromatic rings. The Kier molecular flexibility index (Phi) is 4.14. The minimum Gasteiger partial charge on any atom is -0.456 e. The van der Waals surface area contributed by atoms with Gasteiger partial charge in [0.25, 0.3) is 0 Å². The minimum absolute atomic E-state index is 0.0463. The van der Waals surface area contributed by atoms with E-state index in [1.165, 1.54) is 0 Å². The first-order valence-corrected chi connectivity index (χ1v) is 7.22. The number of hydrogen-bond donors (Lipinski definition) is 0. The molecule has 0 spiro atoms. The van der Waals surface area contributed by atoms with Gasteiger partial charge in [-0.25, -0.2) is 4.79 Å². The van der Waals surface area contributed by atoms with Gasteiger partial charge >= 0.3 is 5.97 Å². The summed E-state index contributed by atoms with van der Waals surface area (Å²) in [5, 5.41) is 0. The van der Waals surface area contributed by atoms with Crippen molar-refractivity contribution in [1.82, 2.24) is 4.98 Å². The van der Waals surface area contributed by atoms with Crippen LogP contribution < -0.4 is 4.90 Å². The summed E-state index contributed by atoms with van der Waals surface area (Å²) >= 11 is 0. The minimum atomic E-state index is -0.444. The summed E-state index contributed by atoms with van der Waals surface area (Å²) in [6.45, 7) is 0.755. The van der Waals surface area contributed by atoms with Crippen LogP contribution in [0.1, 0.15) is 28.9 Å². The molecular formula is C17H16N2O3. The predicted octanol–water partition coefficient (Wildman–Crippen LogP) is 2.57. The molecule has 1 fully saturated rings. The summed E-state index contributed by atoms with van der Waals surface area (Å²) in [6.07, 6.45) is 2.99. The number of para-hydroxylation sites is 1. The summed E-state index contributed by atoms with van der Waals surface area (Å²) in [4.78, 5) is 30.0. The Hall–Kier alpha value is -2.69. The van der Waals surface area contributed by atoms with Crippen LogP contribution in [-0.4, -0.2) is 23.4 Å². The van der Waals surface area contributed by atoms with Gasteiger partial charge in [-0.2, -0.15) is 0 Å². The third kappa shape index (κ3) is 2.98. The molecule has 0 aliphatic carbocycles. The Balaban J connectivity index is 1.76. The first kappa shape index (κ1) is 14.3. The third-order valence-corrected chi connectivity index (χ3v) is 3.57. The van der Waals surface area contributed by atoms with Crippen LogP contribution in [0.15, 0.2) is 48.7 Å². The van der Waals surface area contributed by atoms with Gasteiger partial charge in [0, 0.05) is 19.2 Å². The highest BCUT2D eigenvalue weighted by atomic mass is 16.5. The summed E-state index contributed by atoms with van der Waals surface area (Å²) in [5.41, 5.74) is 1.72. The van der Waals surface area contributed by atoms with Crippen LogP contribution in [0.25, 0.3) is 0 Å². The molecule has 112 valence electrons. The van der Waals surface area contributed by atoms with Gasteiger partial charge in [0.2, 0.25) is 5.91 Å². The number of pyridine rings is 1. The van der Waals surface area contributed by atoms with Gasteiger partial charge in [-0.3, -0.25) is 9.78 Å². The first-order chi connectivity index (χ1) is 10.8. The van der Waals surface area contributed by atoms with Gasteiger partial charge in [-0.05, 0) is 30.7 Å². The Bertz CT molecular complexity index is 685. The van der Waals surface area contributed by atoms with E-state index in [1.54, 1.807) is 41.4 Å². The largest absolute Gasteiger partial charge is 0.456 e. The molecule has 5 heteroatoms. The van der Waals surface area contributed by atoms with Crippen LogP contribution in [0, 0.1) is 0 Å². The maximum atomic E-state index is 12.3. The van der Waals surface area contributed by atoms with Crippen molar-refractivity contribution in [2.75, 3.05) is 11.4 Å². The molecule has 1 saturated heterocycles. The second-order valence-corrected chi connectivity index (χ2v) is 5.06. The Morgan fingerprint density at radius 2 is 2.00 bits per heavy atom. The van der Waals surface area contributed by atoms with E-state index in [-0.39, 0.29) is 12.5 Å². The summed E-state index contributed by atoms with van der Waals surface area (Å²) in [5.74, 6) is -0.397. The van der Waals surface area contributed by atoms with Crippen LogP contribution >= 0.6 is 0 Å². The normalized spacial score (nSPS) is 14.2. The maximum absolute atomic E-state index is 12.3. The van der Waals surface area contributed by atoms with Crippen molar-refractivity contribution in [3.8, 4) is 0 Å². The van der Waals surface area contributed by atoms with Crippen molar-refractivity contribution in [1.29, 1.82) is 0 Å². The highest BCUT2D eigenvalue weighted by Crippen LogP contribution is 2.26. The molecule has 1 aromatic carbocycles. The van der Waals surface area contributed by atoms with Crippen LogP contribution in [0.5, 0.6) is 0 Å². The quantitative estimate of drug-likeness (QED) is 0.814. The molecule has 5 nitrogen and oxygen atoms in total. The van der Waals surface area contributed by atoms with Crippen LogP contribution in [0.2, 0.25) is 0 Å². The van der Waals surface area contributed by atoms with Crippen molar-refractivity contribution >= 4 is 17.6 Å². The lowest BCUT2D eigenvalue weighted by Crippen LogP contribution is -2.26. The van der Waals surface area contributed by atoms with Crippen molar-refractivity contribution in [3.63, 3.8) is 0 Å². The number of anilines is 1. The predicted molar refractivity (Wildman–Crippen MR) is 81.4 cm³/mol. The molecule has 3 rings (SSSR count). The molecule has 1 aromatic heterocycles. The SMILES string of the molecule is O=C(OCc1ccccn1)c1ccccc1N1CCCC1=O. The fourth-order valence-corrected chi connectivity index (χ4v) is 2.49. The Morgan fingerprint density at radius 1 is 1.18 bits per heavy atom. The van der Waals surface area contributed by atoms with Crippen molar-refractivity contribution < 1.29 is 14.3 Å². The number of amides is 1. The van der Waals surface area contributed by atoms with E-state index < -0.39 is 5.97 Å². The van der Waals surface area contributed by atoms with Crippen LogP contribution in [-0.2, 0) is 16.1 Å². The molecule has 0 saturated carbocycles. The number of benzene rings is 1. The highest BCUT2D eigenvalue weighted by molar-refractivity contribution is 6.03. The van der Waals surface area contributed by atoms with Crippen LogP contribution in [0.4, 0.5) is 5.69 Å². The maximum Gasteiger partial charge on any atom is 0.340 e. The third-order valence-electron chi connectivity index (χ3n) is 3.57. The van der Waals surface area contributed by atoms with Gasteiger partial charge in [-0.15, -0.1) is 0 Å². The number of ether oxygens (including phenoxy) is 1. The number of hydrogen-bond acceptors (Lipinski definition) is 4. The smallest absolute Gasteiger partial charge is 0.340 e. The molecule has 0 radical (unpaired) electrons. The second-order valence-electron chi connectivity index (χ2n) is 5.06. The molecule has 1 amide bonds. The van der Waals surface area contributed by atoms with E-state index >= 15 is 0 Å². The lowest BCUT2D eigenvalue weighted by Gasteiger charge is -2.18. The van der Waals surface area contributed by atoms with Crippen molar-refractivity contribution in [2.45, 2.75) is 19.4 Å². The van der Waals surface area contributed by atoms with Gasteiger partial charge in [0.15, 0.2) is 0 Å². The van der Waals surface area contributed by atoms with Gasteiger partial charge in [0.1, 0.15) is 6.61 Å². The molecule has 0 unspecified atom stereocenters. The lowest BCUT2D eigenvalue weighted by atomic mass is 10.1. The fraction of sp³-hybridized carbons (Fsp3) is 0.235. The molecule has 0 N–H and O–H groups in total. The Morgan fingerprint density at radius 3 is 2.73 bits per heavy atom. The molecule has 0 bridgehead atoms. The number of nitrogens with zero attached hydrogens (tertiary/aromatic N) is 2. The summed E-state index contributed by atoms with van der Waals surface area (Å²) in [6, 6.07) is 12.5. The van der Waals surface area contributed by atoms with Gasteiger partial charge in [-0.1, -0.05) is 18.2 Å². The molecule has 0 atom stereocenters. The van der Waals surface area contributed by atoms with Crippen LogP contribution in [0.3, 0.4) is 0 Å². The van der Waals surface area contributed by atoms with E-state index in [9.17, 15) is 9.59 Å². The zero-order valence-electron chi connectivity index (χ0n) is 12.1.